The first-order valence-corrected chi connectivity index (χ1v) is 5.75. The predicted molar refractivity (Wildman–Crippen MR) is 67.2 cm³/mol. The highest BCUT2D eigenvalue weighted by Crippen LogP contribution is 2.23. The Bertz CT molecular complexity index is 380. The largest absolute Gasteiger partial charge is 0.472 e. The fourth-order valence-electron chi connectivity index (χ4n) is 1.36. The predicted octanol–water partition coefficient (Wildman–Crippen LogP) is 1.90. The van der Waals surface area contributed by atoms with Gasteiger partial charge in [-0.15, -0.1) is 0 Å². The summed E-state index contributed by atoms with van der Waals surface area (Å²) in [5, 5.41) is 0. The second-order valence-corrected chi connectivity index (χ2v) is 4.44. The van der Waals surface area contributed by atoms with Crippen LogP contribution in [0, 0.1) is 6.92 Å². The number of methoxy groups -OCH3 is 1. The lowest BCUT2D eigenvalue weighted by molar-refractivity contribution is 0.0882. The summed E-state index contributed by atoms with van der Waals surface area (Å²) in [5.74, 6) is 1.94. The summed E-state index contributed by atoms with van der Waals surface area (Å²) < 4.78 is 10.7. The van der Waals surface area contributed by atoms with Crippen LogP contribution in [-0.4, -0.2) is 29.8 Å². The minimum atomic E-state index is -0.0620. The highest BCUT2D eigenvalue weighted by Gasteiger charge is 2.14. The second-order valence-electron chi connectivity index (χ2n) is 4.44. The zero-order chi connectivity index (χ0) is 13.0. The highest BCUT2D eigenvalue weighted by molar-refractivity contribution is 5.44. The number of rotatable bonds is 5. The average molecular weight is 239 g/mol. The summed E-state index contributed by atoms with van der Waals surface area (Å²) in [6.07, 6.45) is -0.0620. The molecule has 2 N–H and O–H groups in total. The number of ether oxygens (including phenoxy) is 2. The molecule has 0 aliphatic heterocycles. The molecule has 0 aromatic carbocycles. The van der Waals surface area contributed by atoms with Gasteiger partial charge in [-0.25, -0.2) is 4.98 Å². The molecular formula is C12H21N3O2. The van der Waals surface area contributed by atoms with Gasteiger partial charge in [-0.3, -0.25) is 0 Å². The summed E-state index contributed by atoms with van der Waals surface area (Å²) in [7, 11) is 1.64. The Labute approximate surface area is 102 Å². The number of nitrogens with zero attached hydrogens (tertiary/aromatic N) is 2. The third-order valence-corrected chi connectivity index (χ3v) is 2.39. The fraction of sp³-hybridized carbons (Fsp3) is 0.667. The van der Waals surface area contributed by atoms with Gasteiger partial charge >= 0.3 is 0 Å². The van der Waals surface area contributed by atoms with Crippen LogP contribution in [-0.2, 0) is 4.74 Å². The van der Waals surface area contributed by atoms with Gasteiger partial charge in [0, 0.05) is 13.0 Å². The Kier molecular flexibility index (Phi) is 4.69. The van der Waals surface area contributed by atoms with Crippen molar-refractivity contribution in [3.05, 3.63) is 11.4 Å². The van der Waals surface area contributed by atoms with Crippen LogP contribution in [0.5, 0.6) is 5.88 Å². The smallest absolute Gasteiger partial charge is 0.222 e. The molecule has 0 amide bonds. The van der Waals surface area contributed by atoms with Crippen molar-refractivity contribution in [2.24, 2.45) is 0 Å². The van der Waals surface area contributed by atoms with E-state index in [1.165, 1.54) is 0 Å². The molecule has 0 saturated carbocycles. The van der Waals surface area contributed by atoms with Crippen molar-refractivity contribution in [2.75, 3.05) is 19.5 Å². The zero-order valence-electron chi connectivity index (χ0n) is 11.2. The molecule has 17 heavy (non-hydrogen) atoms. The van der Waals surface area contributed by atoms with Gasteiger partial charge in [-0.05, 0) is 13.8 Å². The second kappa shape index (κ2) is 5.82. The van der Waals surface area contributed by atoms with E-state index in [0.29, 0.717) is 24.1 Å². The van der Waals surface area contributed by atoms with Gasteiger partial charge in [0.1, 0.15) is 17.7 Å². The van der Waals surface area contributed by atoms with Gasteiger partial charge < -0.3 is 15.2 Å². The number of aromatic nitrogens is 2. The van der Waals surface area contributed by atoms with E-state index in [4.69, 9.17) is 15.2 Å². The molecule has 0 radical (unpaired) electrons. The van der Waals surface area contributed by atoms with Crippen molar-refractivity contribution in [3.63, 3.8) is 0 Å². The number of hydrogen-bond acceptors (Lipinski definition) is 5. The van der Waals surface area contributed by atoms with Crippen molar-refractivity contribution in [1.82, 2.24) is 9.97 Å². The molecular weight excluding hydrogens is 218 g/mol. The average Bonchev–Trinajstić information content (AvgIpc) is 2.24. The van der Waals surface area contributed by atoms with Crippen LogP contribution in [0.2, 0.25) is 0 Å². The molecule has 1 rings (SSSR count). The molecule has 1 aromatic rings. The monoisotopic (exact) mass is 239 g/mol. The maximum Gasteiger partial charge on any atom is 0.222 e. The molecule has 0 saturated heterocycles. The van der Waals surface area contributed by atoms with E-state index in [0.717, 1.165) is 5.56 Å². The minimum Gasteiger partial charge on any atom is -0.472 e. The number of anilines is 1. The topological polar surface area (TPSA) is 70.3 Å². The van der Waals surface area contributed by atoms with Gasteiger partial charge in [-0.2, -0.15) is 4.98 Å². The third kappa shape index (κ3) is 3.56. The Hall–Kier alpha value is -1.36. The molecule has 1 heterocycles. The third-order valence-electron chi connectivity index (χ3n) is 2.39. The van der Waals surface area contributed by atoms with E-state index >= 15 is 0 Å². The Morgan fingerprint density at radius 1 is 1.24 bits per heavy atom. The molecule has 0 bridgehead atoms. The Balaban J connectivity index is 2.97. The van der Waals surface area contributed by atoms with E-state index in [1.807, 2.05) is 27.7 Å². The van der Waals surface area contributed by atoms with Crippen LogP contribution in [0.1, 0.15) is 38.1 Å². The molecule has 5 nitrogen and oxygen atoms in total. The molecule has 0 spiro atoms. The lowest BCUT2D eigenvalue weighted by atomic mass is 10.2. The summed E-state index contributed by atoms with van der Waals surface area (Å²) >= 11 is 0. The van der Waals surface area contributed by atoms with Crippen LogP contribution in [0.4, 0.5) is 5.82 Å². The molecule has 0 aliphatic rings. The molecule has 1 aromatic heterocycles. The lowest BCUT2D eigenvalue weighted by Crippen LogP contribution is -2.20. The van der Waals surface area contributed by atoms with E-state index in [1.54, 1.807) is 7.11 Å². The standard InChI is InChI=1S/C12H21N3O2/c1-7(2)11-14-10(13)9(4)12(15-11)17-8(3)6-16-5/h7-8H,6H2,1-5H3,(H2,13,14,15). The summed E-state index contributed by atoms with van der Waals surface area (Å²) in [5.41, 5.74) is 6.62. The van der Waals surface area contributed by atoms with Crippen molar-refractivity contribution in [2.45, 2.75) is 39.7 Å². The van der Waals surface area contributed by atoms with Gasteiger partial charge in [0.2, 0.25) is 5.88 Å². The van der Waals surface area contributed by atoms with Crippen molar-refractivity contribution in [3.8, 4) is 5.88 Å². The molecule has 0 fully saturated rings. The van der Waals surface area contributed by atoms with E-state index in [2.05, 4.69) is 9.97 Å². The van der Waals surface area contributed by atoms with Crippen LogP contribution < -0.4 is 10.5 Å². The maximum atomic E-state index is 5.85. The summed E-state index contributed by atoms with van der Waals surface area (Å²) in [6, 6.07) is 0. The molecule has 5 heteroatoms. The van der Waals surface area contributed by atoms with Gasteiger partial charge in [0.05, 0.1) is 12.2 Å². The Morgan fingerprint density at radius 3 is 2.41 bits per heavy atom. The van der Waals surface area contributed by atoms with Crippen LogP contribution in [0.15, 0.2) is 0 Å². The first kappa shape index (κ1) is 13.7. The quantitative estimate of drug-likeness (QED) is 0.849. The highest BCUT2D eigenvalue weighted by atomic mass is 16.5. The molecule has 0 aliphatic carbocycles. The van der Waals surface area contributed by atoms with Crippen molar-refractivity contribution in [1.29, 1.82) is 0 Å². The SMILES string of the molecule is COCC(C)Oc1nc(C(C)C)nc(N)c1C. The molecule has 1 atom stereocenters. The normalized spacial score (nSPS) is 12.8. The lowest BCUT2D eigenvalue weighted by Gasteiger charge is -2.16. The molecule has 1 unspecified atom stereocenters. The van der Waals surface area contributed by atoms with Crippen molar-refractivity contribution >= 4 is 5.82 Å². The first-order valence-electron chi connectivity index (χ1n) is 5.75. The maximum absolute atomic E-state index is 5.85. The number of nitrogen functional groups attached to an aromatic ring is 1. The zero-order valence-corrected chi connectivity index (χ0v) is 11.2. The first-order chi connectivity index (χ1) is 7.95. The van der Waals surface area contributed by atoms with Crippen molar-refractivity contribution < 1.29 is 9.47 Å². The van der Waals surface area contributed by atoms with Crippen LogP contribution in [0.25, 0.3) is 0 Å². The summed E-state index contributed by atoms with van der Waals surface area (Å²) in [6.45, 7) is 8.34. The Morgan fingerprint density at radius 2 is 1.88 bits per heavy atom. The summed E-state index contributed by atoms with van der Waals surface area (Å²) in [4.78, 5) is 8.63. The van der Waals surface area contributed by atoms with E-state index in [9.17, 15) is 0 Å². The minimum absolute atomic E-state index is 0.0620. The van der Waals surface area contributed by atoms with E-state index < -0.39 is 0 Å². The van der Waals surface area contributed by atoms with Gasteiger partial charge in [-0.1, -0.05) is 13.8 Å². The number of nitrogens with two attached hydrogens (primary N) is 1. The van der Waals surface area contributed by atoms with Gasteiger partial charge in [0.25, 0.3) is 0 Å². The van der Waals surface area contributed by atoms with E-state index in [-0.39, 0.29) is 12.0 Å². The molecule has 96 valence electrons. The fourth-order valence-corrected chi connectivity index (χ4v) is 1.36. The number of hydrogen-bond donors (Lipinski definition) is 1. The van der Waals surface area contributed by atoms with Crippen LogP contribution >= 0.6 is 0 Å². The van der Waals surface area contributed by atoms with Gasteiger partial charge in [0.15, 0.2) is 0 Å². The van der Waals surface area contributed by atoms with Crippen LogP contribution in [0.3, 0.4) is 0 Å².